The molecule has 0 bridgehead atoms. The molecule has 0 N–H and O–H groups in total. The fourth-order valence-corrected chi connectivity index (χ4v) is 8.35. The smallest absolute Gasteiger partial charge is 0.165 e. The molecule has 3 aromatic heterocycles. The van der Waals surface area contributed by atoms with Crippen LogP contribution in [0.25, 0.3) is 87.1 Å². The highest BCUT2D eigenvalue weighted by molar-refractivity contribution is 7.26. The molecule has 0 saturated heterocycles. The van der Waals surface area contributed by atoms with Gasteiger partial charge in [0, 0.05) is 48.5 Å². The van der Waals surface area contributed by atoms with E-state index < -0.39 is 0 Å². The van der Waals surface area contributed by atoms with Crippen LogP contribution in [0.15, 0.2) is 168 Å². The zero-order valence-electron chi connectivity index (χ0n) is 27.5. The minimum Gasteiger partial charge on any atom is -0.456 e. The standard InChI is InChI=1S/C46H29N3OS/c1-3-11-29(12-4-1)30-21-23-31(24-22-30)33-25-26-39-38(27-33)43-34(15-9-19-40(43)50-39)28-42-47-45(32-13-5-2-6-14-32)49-46(48-42)37-18-10-17-36-35-16-7-8-20-41(35)51-44(36)37/h1-27H,28H2. The Morgan fingerprint density at radius 2 is 1.10 bits per heavy atom. The maximum absolute atomic E-state index is 6.41. The van der Waals surface area contributed by atoms with Gasteiger partial charge in [0.25, 0.3) is 0 Å². The van der Waals surface area contributed by atoms with Gasteiger partial charge in [-0.1, -0.05) is 133 Å². The maximum atomic E-state index is 6.41. The molecule has 3 heterocycles. The number of furan rings is 1. The largest absolute Gasteiger partial charge is 0.456 e. The maximum Gasteiger partial charge on any atom is 0.165 e. The van der Waals surface area contributed by atoms with E-state index in [9.17, 15) is 0 Å². The van der Waals surface area contributed by atoms with Crippen molar-refractivity contribution in [1.29, 1.82) is 0 Å². The molecule has 0 aliphatic rings. The number of rotatable bonds is 6. The Morgan fingerprint density at radius 1 is 0.451 bits per heavy atom. The van der Waals surface area contributed by atoms with E-state index in [1.165, 1.54) is 31.3 Å². The van der Waals surface area contributed by atoms with Crippen LogP contribution in [-0.2, 0) is 6.42 Å². The molecule has 10 aromatic rings. The molecule has 0 radical (unpaired) electrons. The van der Waals surface area contributed by atoms with Crippen molar-refractivity contribution in [1.82, 2.24) is 15.0 Å². The van der Waals surface area contributed by atoms with Crippen LogP contribution in [0, 0.1) is 0 Å². The summed E-state index contributed by atoms with van der Waals surface area (Å²) in [6, 6.07) is 57.1. The van der Waals surface area contributed by atoms with Crippen LogP contribution in [-0.4, -0.2) is 15.0 Å². The Morgan fingerprint density at radius 3 is 1.92 bits per heavy atom. The van der Waals surface area contributed by atoms with Crippen molar-refractivity contribution < 1.29 is 4.42 Å². The van der Waals surface area contributed by atoms with Gasteiger partial charge in [-0.05, 0) is 58.1 Å². The van der Waals surface area contributed by atoms with Crippen LogP contribution >= 0.6 is 11.3 Å². The highest BCUT2D eigenvalue weighted by Crippen LogP contribution is 2.40. The minimum absolute atomic E-state index is 0.527. The normalized spacial score (nSPS) is 11.6. The third kappa shape index (κ3) is 5.27. The second-order valence-corrected chi connectivity index (χ2v) is 13.8. The molecule has 10 rings (SSSR count). The molecule has 0 atom stereocenters. The SMILES string of the molecule is c1ccc(-c2ccc(-c3ccc4oc5cccc(Cc6nc(-c7ccccc7)nc(-c7cccc8c7sc7ccccc78)n6)c5c4c3)cc2)cc1. The lowest BCUT2D eigenvalue weighted by molar-refractivity contribution is 0.668. The number of hydrogen-bond acceptors (Lipinski definition) is 5. The van der Waals surface area contributed by atoms with E-state index in [0.717, 1.165) is 49.8 Å². The first kappa shape index (κ1) is 29.5. The molecule has 0 unspecified atom stereocenters. The summed E-state index contributed by atoms with van der Waals surface area (Å²) < 4.78 is 8.84. The predicted octanol–water partition coefficient (Wildman–Crippen LogP) is 12.4. The van der Waals surface area contributed by atoms with Gasteiger partial charge in [-0.2, -0.15) is 0 Å². The van der Waals surface area contributed by atoms with Crippen LogP contribution in [0.1, 0.15) is 11.4 Å². The van der Waals surface area contributed by atoms with Gasteiger partial charge in [0.05, 0.1) is 0 Å². The van der Waals surface area contributed by atoms with Gasteiger partial charge < -0.3 is 4.42 Å². The van der Waals surface area contributed by atoms with Gasteiger partial charge in [0.2, 0.25) is 0 Å². The van der Waals surface area contributed by atoms with Gasteiger partial charge in [-0.3, -0.25) is 0 Å². The number of benzene rings is 7. The third-order valence-corrected chi connectivity index (χ3v) is 10.8. The van der Waals surface area contributed by atoms with Gasteiger partial charge >= 0.3 is 0 Å². The summed E-state index contributed by atoms with van der Waals surface area (Å²) in [4.78, 5) is 15.3. The van der Waals surface area contributed by atoms with Crippen LogP contribution < -0.4 is 0 Å². The fraction of sp³-hybridized carbons (Fsp3) is 0.0217. The number of thiophene rings is 1. The van der Waals surface area contributed by atoms with Crippen LogP contribution in [0.4, 0.5) is 0 Å². The van der Waals surface area contributed by atoms with E-state index in [0.29, 0.717) is 23.9 Å². The molecule has 0 aliphatic heterocycles. The summed E-state index contributed by atoms with van der Waals surface area (Å²) in [7, 11) is 0. The average Bonchev–Trinajstić information content (AvgIpc) is 3.77. The second kappa shape index (κ2) is 12.2. The summed E-state index contributed by atoms with van der Waals surface area (Å²) in [5.74, 6) is 2.06. The summed E-state index contributed by atoms with van der Waals surface area (Å²) >= 11 is 1.79. The van der Waals surface area contributed by atoms with Gasteiger partial charge in [-0.25, -0.2) is 15.0 Å². The molecule has 0 aliphatic carbocycles. The third-order valence-electron chi connectivity index (χ3n) is 9.61. The average molecular weight is 672 g/mol. The monoisotopic (exact) mass is 671 g/mol. The first-order valence-corrected chi connectivity index (χ1v) is 17.9. The van der Waals surface area contributed by atoms with Crippen molar-refractivity contribution in [3.8, 4) is 45.0 Å². The molecular formula is C46H29N3OS. The number of nitrogens with zero attached hydrogens (tertiary/aromatic N) is 3. The van der Waals surface area contributed by atoms with E-state index in [4.69, 9.17) is 19.4 Å². The highest BCUT2D eigenvalue weighted by Gasteiger charge is 2.18. The van der Waals surface area contributed by atoms with Crippen LogP contribution in [0.5, 0.6) is 0 Å². The molecule has 0 fully saturated rings. The molecular weight excluding hydrogens is 643 g/mol. The Kier molecular flexibility index (Phi) is 7.03. The number of aromatic nitrogens is 3. The lowest BCUT2D eigenvalue weighted by atomic mass is 9.98. The van der Waals surface area contributed by atoms with Gasteiger partial charge in [0.15, 0.2) is 11.6 Å². The van der Waals surface area contributed by atoms with Crippen molar-refractivity contribution in [2.24, 2.45) is 0 Å². The molecule has 51 heavy (non-hydrogen) atoms. The molecule has 0 spiro atoms. The summed E-state index contributed by atoms with van der Waals surface area (Å²) in [6.07, 6.45) is 0.527. The van der Waals surface area contributed by atoms with Gasteiger partial charge in [0.1, 0.15) is 17.0 Å². The summed E-state index contributed by atoms with van der Waals surface area (Å²) in [5.41, 5.74) is 9.52. The Bertz CT molecular complexity index is 2880. The quantitative estimate of drug-likeness (QED) is 0.177. The summed E-state index contributed by atoms with van der Waals surface area (Å²) in [5, 5.41) is 4.64. The highest BCUT2D eigenvalue weighted by atomic mass is 32.1. The lowest BCUT2D eigenvalue weighted by Gasteiger charge is -2.10. The number of fused-ring (bicyclic) bond motifs is 6. The van der Waals surface area contributed by atoms with E-state index in [-0.39, 0.29) is 0 Å². The topological polar surface area (TPSA) is 51.8 Å². The van der Waals surface area contributed by atoms with Gasteiger partial charge in [-0.15, -0.1) is 11.3 Å². The van der Waals surface area contributed by atoms with Crippen molar-refractivity contribution in [3.05, 3.63) is 175 Å². The molecule has 0 amide bonds. The van der Waals surface area contributed by atoms with Crippen LogP contribution in [0.3, 0.4) is 0 Å². The summed E-state index contributed by atoms with van der Waals surface area (Å²) in [6.45, 7) is 0. The molecule has 240 valence electrons. The number of hydrogen-bond donors (Lipinski definition) is 0. The fourth-order valence-electron chi connectivity index (χ4n) is 7.14. The first-order chi connectivity index (χ1) is 25.2. The van der Waals surface area contributed by atoms with E-state index in [1.807, 2.05) is 30.3 Å². The van der Waals surface area contributed by atoms with E-state index in [2.05, 4.69) is 133 Å². The van der Waals surface area contributed by atoms with E-state index in [1.54, 1.807) is 11.3 Å². The zero-order valence-corrected chi connectivity index (χ0v) is 28.3. The van der Waals surface area contributed by atoms with Crippen LogP contribution in [0.2, 0.25) is 0 Å². The second-order valence-electron chi connectivity index (χ2n) is 12.8. The Labute approximate surface area is 298 Å². The molecule has 7 aromatic carbocycles. The molecule has 5 heteroatoms. The first-order valence-electron chi connectivity index (χ1n) is 17.1. The van der Waals surface area contributed by atoms with Crippen molar-refractivity contribution in [3.63, 3.8) is 0 Å². The predicted molar refractivity (Wildman–Crippen MR) is 211 cm³/mol. The Balaban J connectivity index is 1.09. The molecule has 4 nitrogen and oxygen atoms in total. The van der Waals surface area contributed by atoms with E-state index >= 15 is 0 Å². The van der Waals surface area contributed by atoms with Crippen molar-refractivity contribution >= 4 is 53.4 Å². The van der Waals surface area contributed by atoms with Crippen molar-refractivity contribution in [2.75, 3.05) is 0 Å². The lowest BCUT2D eigenvalue weighted by Crippen LogP contribution is -2.04. The van der Waals surface area contributed by atoms with Crippen molar-refractivity contribution in [2.45, 2.75) is 6.42 Å². The Hall–Kier alpha value is -6.43. The zero-order chi connectivity index (χ0) is 33.7. The molecule has 0 saturated carbocycles. The minimum atomic E-state index is 0.527.